The van der Waals surface area contributed by atoms with Crippen molar-refractivity contribution in [2.75, 3.05) is 0 Å². The Labute approximate surface area is 173 Å². The summed E-state index contributed by atoms with van der Waals surface area (Å²) in [5.41, 5.74) is 6.91. The number of benzene rings is 3. The SMILES string of the molecule is CCCCCc1ccc(-c2ccc(-c3ccc(C#N)cc3)cc2)cc1.[3HH].[3H][3H].[3H][3H].[3H][3H].[3H][3H].[3H][3H].[3H][3H].[3H][3H]. The third-order valence-electron chi connectivity index (χ3n) is 4.59. The van der Waals surface area contributed by atoms with E-state index in [1.165, 1.54) is 47.9 Å². The van der Waals surface area contributed by atoms with Crippen molar-refractivity contribution in [3.8, 4) is 28.3 Å². The smallest absolute Gasteiger partial charge is 0.0991 e. The molecule has 0 aliphatic carbocycles. The van der Waals surface area contributed by atoms with E-state index in [-0.39, 0.29) is 1.43 Å². The second-order valence-corrected chi connectivity index (χ2v) is 6.42. The van der Waals surface area contributed by atoms with Gasteiger partial charge in [0.2, 0.25) is 0 Å². The van der Waals surface area contributed by atoms with Gasteiger partial charge in [-0.2, -0.15) is 5.26 Å². The molecule has 3 aromatic rings. The number of aryl methyl sites for hydroxylation is 1. The highest BCUT2D eigenvalue weighted by Crippen LogP contribution is 2.25. The molecule has 1 heteroatoms. The van der Waals surface area contributed by atoms with Gasteiger partial charge >= 0.3 is 0 Å². The molecule has 25 heavy (non-hydrogen) atoms. The summed E-state index contributed by atoms with van der Waals surface area (Å²) in [5.74, 6) is 0. The molecular formula is C24H39N. The van der Waals surface area contributed by atoms with Gasteiger partial charge in [0.25, 0.3) is 0 Å². The Hall–Kier alpha value is -2.85. The Morgan fingerprint density at radius 1 is 0.720 bits per heavy atom. The number of hydrogen-bond acceptors (Lipinski definition) is 1. The minimum absolute atomic E-state index is 0. The van der Waals surface area contributed by atoms with Crippen molar-refractivity contribution in [3.05, 3.63) is 83.9 Å². The fraction of sp³-hybridized carbons (Fsp3) is 0.208. The largest absolute Gasteiger partial charge is 0.192 e. The molecule has 0 atom stereocenters. The fourth-order valence-corrected chi connectivity index (χ4v) is 3.04. The number of rotatable bonds is 6. The molecule has 0 unspecified atom stereocenters. The van der Waals surface area contributed by atoms with E-state index >= 15 is 0 Å². The van der Waals surface area contributed by atoms with Crippen LogP contribution in [0.1, 0.15) is 59.5 Å². The minimum Gasteiger partial charge on any atom is -0.192 e. The van der Waals surface area contributed by atoms with E-state index < -0.39 is 0 Å². The topological polar surface area (TPSA) is 23.8 Å². The maximum Gasteiger partial charge on any atom is 0.0991 e. The average molecular weight is 372 g/mol. The van der Waals surface area contributed by atoms with Crippen molar-refractivity contribution in [2.24, 2.45) is 0 Å². The zero-order valence-electron chi connectivity index (χ0n) is 28.7. The summed E-state index contributed by atoms with van der Waals surface area (Å²) in [6.45, 7) is 2.24. The molecule has 0 saturated carbocycles. The first-order valence-electron chi connectivity index (χ1n) is 16.0. The second kappa shape index (κ2) is 8.31. The average Bonchev–Trinajstić information content (AvgIpc) is 3.08. The molecule has 1 nitrogen and oxygen atoms in total. The molecule has 0 radical (unpaired) electrons. The predicted molar refractivity (Wildman–Crippen MR) is 122 cm³/mol. The van der Waals surface area contributed by atoms with E-state index in [1.54, 1.807) is 0 Å². The van der Waals surface area contributed by atoms with E-state index in [0.717, 1.165) is 5.56 Å². The van der Waals surface area contributed by atoms with Crippen molar-refractivity contribution in [2.45, 2.75) is 32.6 Å². The van der Waals surface area contributed by atoms with Crippen molar-refractivity contribution < 1.29 is 22.2 Å². The van der Waals surface area contributed by atoms with Crippen LogP contribution in [0.4, 0.5) is 0 Å². The van der Waals surface area contributed by atoms with Crippen LogP contribution in [-0.4, -0.2) is 0 Å². The van der Waals surface area contributed by atoms with Gasteiger partial charge in [0.1, 0.15) is 0 Å². The third-order valence-corrected chi connectivity index (χ3v) is 4.59. The highest BCUT2D eigenvalue weighted by atomic mass is 14.2. The Morgan fingerprint density at radius 2 is 1.16 bits per heavy atom. The first kappa shape index (κ1) is 10.2. The van der Waals surface area contributed by atoms with Crippen LogP contribution in [0.15, 0.2) is 72.8 Å². The summed E-state index contributed by atoms with van der Waals surface area (Å²) in [7, 11) is 0. The third kappa shape index (κ3) is 4.37. The van der Waals surface area contributed by atoms with Crippen molar-refractivity contribution in [1.82, 2.24) is 0 Å². The zero-order valence-corrected chi connectivity index (χ0v) is 14.7. The molecule has 0 N–H and O–H groups in total. The highest BCUT2D eigenvalue weighted by molar-refractivity contribution is 5.70. The number of unbranched alkanes of at least 4 members (excludes halogenated alkanes) is 2. The van der Waals surface area contributed by atoms with Gasteiger partial charge in [0.15, 0.2) is 0 Å². The molecule has 0 heterocycles. The molecule has 0 aliphatic heterocycles. The standard InChI is InChI=1S/C24H23N.8H2/c1-2-3-4-5-19-6-10-21(11-7-19)23-14-16-24(17-15-23)22-12-8-20(18-25)9-13-22;;;;;;;;/h6-17H,2-5H2,1H3;8*1H/i;7*1+2T;1+2. The van der Waals surface area contributed by atoms with E-state index in [1.807, 2.05) is 24.3 Å². The van der Waals surface area contributed by atoms with Gasteiger partial charge in [-0.1, -0.05) is 80.4 Å². The Kier molecular flexibility index (Phi) is 3.39. The van der Waals surface area contributed by atoms with E-state index in [0.29, 0.717) is 5.56 Å². The van der Waals surface area contributed by atoms with Gasteiger partial charge in [-0.25, -0.2) is 0 Å². The quantitative estimate of drug-likeness (QED) is 0.398. The highest BCUT2D eigenvalue weighted by Gasteiger charge is 2.01. The molecule has 140 valence electrons. The second-order valence-electron chi connectivity index (χ2n) is 6.42. The van der Waals surface area contributed by atoms with E-state index in [2.05, 4.69) is 61.5 Å². The Bertz CT molecular complexity index is 873. The van der Waals surface area contributed by atoms with Crippen LogP contribution in [0.25, 0.3) is 22.3 Å². The maximum atomic E-state index is 8.89. The van der Waals surface area contributed by atoms with Crippen LogP contribution in [0.5, 0.6) is 0 Å². The molecule has 0 aliphatic rings. The minimum atomic E-state index is 0. The van der Waals surface area contributed by atoms with Crippen LogP contribution < -0.4 is 0 Å². The lowest BCUT2D eigenvalue weighted by Gasteiger charge is -2.07. The molecule has 0 amide bonds. The van der Waals surface area contributed by atoms with Crippen LogP contribution >= 0.6 is 0 Å². The summed E-state index contributed by atoms with van der Waals surface area (Å²) in [5, 5.41) is 8.89. The fourth-order valence-electron chi connectivity index (χ4n) is 3.04. The van der Waals surface area contributed by atoms with Gasteiger partial charge < -0.3 is 0 Å². The summed E-state index contributed by atoms with van der Waals surface area (Å²) in [4.78, 5) is 0. The molecule has 0 spiro atoms. The summed E-state index contributed by atoms with van der Waals surface area (Å²) in [6, 6.07) is 27.4. The predicted octanol–water partition coefficient (Wildman–Crippen LogP) is 8.59. The molecule has 0 fully saturated rings. The van der Waals surface area contributed by atoms with Gasteiger partial charge in [-0.15, -0.1) is 0 Å². The molecule has 3 rings (SSSR count). The van der Waals surface area contributed by atoms with E-state index in [4.69, 9.17) is 26.0 Å². The van der Waals surface area contributed by atoms with Crippen LogP contribution in [-0.2, 0) is 6.42 Å². The zero-order chi connectivity index (χ0) is 31.5. The number of hydrogen-bond donors (Lipinski definition) is 0. The number of nitriles is 1. The Morgan fingerprint density at radius 3 is 1.60 bits per heavy atom. The van der Waals surface area contributed by atoms with Crippen LogP contribution in [0.3, 0.4) is 0 Å². The van der Waals surface area contributed by atoms with Crippen LogP contribution in [0.2, 0.25) is 0 Å². The van der Waals surface area contributed by atoms with Gasteiger partial charge in [-0.3, -0.25) is 0 Å². The van der Waals surface area contributed by atoms with Crippen LogP contribution in [0, 0.1) is 11.3 Å². The van der Waals surface area contributed by atoms with Crippen molar-refractivity contribution in [1.29, 1.82) is 5.26 Å². The molecular weight excluding hydrogens is 302 g/mol. The first-order chi connectivity index (χ1) is 19.3. The lowest BCUT2D eigenvalue weighted by atomic mass is 9.98. The maximum absolute atomic E-state index is 8.89. The molecule has 0 aromatic heterocycles. The lowest BCUT2D eigenvalue weighted by molar-refractivity contribution is 0.717. The summed E-state index contributed by atoms with van der Waals surface area (Å²) in [6.07, 6.45) is 5.02. The monoisotopic (exact) mass is 371 g/mol. The number of nitrogens with zero attached hydrogens (tertiary/aromatic N) is 1. The molecule has 0 bridgehead atoms. The van der Waals surface area contributed by atoms with Crippen molar-refractivity contribution >= 4 is 0 Å². The Balaban J connectivity index is -0.000000169. The van der Waals surface area contributed by atoms with Gasteiger partial charge in [-0.05, 0) is 52.8 Å². The normalized spacial score (nSPS) is 12.6. The lowest BCUT2D eigenvalue weighted by Crippen LogP contribution is -1.86. The summed E-state index contributed by atoms with van der Waals surface area (Å²) < 4.78 is 70.0. The first-order valence-corrected chi connectivity index (χ1v) is 9.00. The van der Waals surface area contributed by atoms with Gasteiger partial charge in [0, 0.05) is 22.2 Å². The van der Waals surface area contributed by atoms with E-state index in [9.17, 15) is 0 Å². The summed E-state index contributed by atoms with van der Waals surface area (Å²) >= 11 is 0. The molecule has 0 saturated heterocycles. The van der Waals surface area contributed by atoms with Crippen molar-refractivity contribution in [3.63, 3.8) is 0 Å². The molecule has 3 aromatic carbocycles. The van der Waals surface area contributed by atoms with Gasteiger partial charge in [0.05, 0.1) is 11.6 Å².